The van der Waals surface area contributed by atoms with Gasteiger partial charge in [0.1, 0.15) is 35.4 Å². The summed E-state index contributed by atoms with van der Waals surface area (Å²) < 4.78 is 26.2. The largest absolute Gasteiger partial charge is 0.379 e. The number of aromatic nitrogens is 1. The lowest BCUT2D eigenvalue weighted by molar-refractivity contribution is -0.137. The van der Waals surface area contributed by atoms with Crippen LogP contribution in [0, 0.1) is 17.7 Å². The van der Waals surface area contributed by atoms with Gasteiger partial charge in [0.2, 0.25) is 17.7 Å². The molecule has 48 heavy (non-hydrogen) atoms. The first-order chi connectivity index (χ1) is 22.9. The number of nitrogens with one attached hydrogen (secondary N) is 3. The normalized spacial score (nSPS) is 22.8. The standard InChI is InChI=1S/C35H47FN6O6/c1-6-28(43)38-29(34(46)42-15-13-41(5)14-16-42)22(3)24-11-12-27(26(36)17-24)37-33(45)30(23-9-7-21(2)8-10-23)39-32(44)25-18-48-40-31(25)35(4)19-47-20-35/h6,11-12,17-18,21-23,29-30H,1,7-10,13-16,19-20H2,2-5H3,(H,37,45)(H,38,43)(H,39,44)/t21?,22-,23?,29+,30-/m0/s1. The molecule has 2 saturated heterocycles. The van der Waals surface area contributed by atoms with Gasteiger partial charge in [0.25, 0.3) is 5.91 Å². The van der Waals surface area contributed by atoms with E-state index in [0.29, 0.717) is 56.6 Å². The number of carbonyl (C=O) groups excluding carboxylic acids is 4. The van der Waals surface area contributed by atoms with E-state index < -0.39 is 47.0 Å². The number of ether oxygens (including phenoxy) is 1. The van der Waals surface area contributed by atoms with E-state index in [1.165, 1.54) is 18.4 Å². The van der Waals surface area contributed by atoms with Crippen LogP contribution in [-0.2, 0) is 24.5 Å². The van der Waals surface area contributed by atoms with Crippen LogP contribution in [0.1, 0.15) is 74.0 Å². The van der Waals surface area contributed by atoms with Crippen molar-refractivity contribution in [2.45, 2.75) is 69.9 Å². The van der Waals surface area contributed by atoms with Gasteiger partial charge in [0, 0.05) is 32.1 Å². The van der Waals surface area contributed by atoms with Crippen LogP contribution < -0.4 is 16.0 Å². The summed E-state index contributed by atoms with van der Waals surface area (Å²) in [6.07, 6.45) is 5.68. The van der Waals surface area contributed by atoms with Gasteiger partial charge in [-0.05, 0) is 62.4 Å². The van der Waals surface area contributed by atoms with Gasteiger partial charge in [-0.25, -0.2) is 4.39 Å². The molecule has 2 aliphatic heterocycles. The summed E-state index contributed by atoms with van der Waals surface area (Å²) in [6.45, 7) is 12.6. The van der Waals surface area contributed by atoms with Gasteiger partial charge >= 0.3 is 0 Å². The van der Waals surface area contributed by atoms with E-state index in [2.05, 4.69) is 39.5 Å². The van der Waals surface area contributed by atoms with Crippen molar-refractivity contribution >= 4 is 29.3 Å². The number of likely N-dealkylation sites (N-methyl/N-ethyl adjacent to an activating group) is 1. The molecule has 2 aromatic rings. The highest BCUT2D eigenvalue weighted by molar-refractivity contribution is 6.02. The second-order valence-electron chi connectivity index (χ2n) is 13.9. The minimum Gasteiger partial charge on any atom is -0.379 e. The van der Waals surface area contributed by atoms with Crippen molar-refractivity contribution in [2.24, 2.45) is 11.8 Å². The monoisotopic (exact) mass is 666 g/mol. The summed E-state index contributed by atoms with van der Waals surface area (Å²) in [4.78, 5) is 57.0. The molecule has 0 bridgehead atoms. The van der Waals surface area contributed by atoms with E-state index >= 15 is 4.39 Å². The van der Waals surface area contributed by atoms with E-state index in [0.717, 1.165) is 31.8 Å². The van der Waals surface area contributed by atoms with Crippen molar-refractivity contribution < 1.29 is 32.8 Å². The Morgan fingerprint density at radius 2 is 1.77 bits per heavy atom. The summed E-state index contributed by atoms with van der Waals surface area (Å²) >= 11 is 0. The molecular formula is C35H47FN6O6. The number of rotatable bonds is 11. The van der Waals surface area contributed by atoms with Gasteiger partial charge in [0.05, 0.1) is 24.3 Å². The van der Waals surface area contributed by atoms with E-state index in [4.69, 9.17) is 9.26 Å². The van der Waals surface area contributed by atoms with E-state index in [9.17, 15) is 19.2 Å². The molecule has 3 aliphatic rings. The van der Waals surface area contributed by atoms with Crippen LogP contribution in [0.4, 0.5) is 10.1 Å². The number of piperazine rings is 1. The smallest absolute Gasteiger partial charge is 0.257 e. The molecule has 1 aromatic carbocycles. The highest BCUT2D eigenvalue weighted by atomic mass is 19.1. The fourth-order valence-corrected chi connectivity index (χ4v) is 6.77. The van der Waals surface area contributed by atoms with Gasteiger partial charge in [-0.3, -0.25) is 19.2 Å². The molecule has 3 heterocycles. The molecule has 3 atom stereocenters. The van der Waals surface area contributed by atoms with Crippen LogP contribution in [0.5, 0.6) is 0 Å². The molecule has 1 aromatic heterocycles. The Morgan fingerprint density at radius 1 is 1.08 bits per heavy atom. The van der Waals surface area contributed by atoms with Crippen LogP contribution in [0.15, 0.2) is 41.6 Å². The van der Waals surface area contributed by atoms with Crippen LogP contribution in [0.3, 0.4) is 0 Å². The first kappa shape index (κ1) is 35.2. The third-order valence-corrected chi connectivity index (χ3v) is 10.2. The number of nitrogens with zero attached hydrogens (tertiary/aromatic N) is 3. The molecule has 12 nitrogen and oxygen atoms in total. The summed E-state index contributed by atoms with van der Waals surface area (Å²) in [5, 5.41) is 12.4. The summed E-state index contributed by atoms with van der Waals surface area (Å²) in [6, 6.07) is 2.49. The third kappa shape index (κ3) is 7.78. The maximum absolute atomic E-state index is 15.7. The van der Waals surface area contributed by atoms with Crippen LogP contribution in [0.25, 0.3) is 0 Å². The minimum atomic E-state index is -0.942. The highest BCUT2D eigenvalue weighted by Crippen LogP contribution is 2.34. The van der Waals surface area contributed by atoms with Crippen molar-refractivity contribution in [3.8, 4) is 0 Å². The van der Waals surface area contributed by atoms with Crippen molar-refractivity contribution in [2.75, 3.05) is 51.8 Å². The molecule has 0 radical (unpaired) electrons. The summed E-state index contributed by atoms with van der Waals surface area (Å²) in [5.41, 5.74) is 0.689. The first-order valence-corrected chi connectivity index (χ1v) is 16.7. The molecule has 0 spiro atoms. The Labute approximate surface area is 280 Å². The van der Waals surface area contributed by atoms with Crippen molar-refractivity contribution in [1.82, 2.24) is 25.6 Å². The van der Waals surface area contributed by atoms with Gasteiger partial charge in [0.15, 0.2) is 0 Å². The average molecular weight is 667 g/mol. The fraction of sp³-hybridized carbons (Fsp3) is 0.571. The maximum Gasteiger partial charge on any atom is 0.257 e. The van der Waals surface area contributed by atoms with Gasteiger partial charge in [-0.1, -0.05) is 44.5 Å². The Kier molecular flexibility index (Phi) is 11.0. The molecule has 1 aliphatic carbocycles. The van der Waals surface area contributed by atoms with Crippen LogP contribution >= 0.6 is 0 Å². The molecule has 13 heteroatoms. The number of amides is 4. The topological polar surface area (TPSA) is 146 Å². The van der Waals surface area contributed by atoms with Crippen molar-refractivity contribution in [1.29, 1.82) is 0 Å². The summed E-state index contributed by atoms with van der Waals surface area (Å²) in [5.74, 6) is -2.68. The highest BCUT2D eigenvalue weighted by Gasteiger charge is 2.42. The van der Waals surface area contributed by atoms with E-state index in [1.807, 2.05) is 14.0 Å². The van der Waals surface area contributed by atoms with Crippen LogP contribution in [0.2, 0.25) is 0 Å². The van der Waals surface area contributed by atoms with E-state index in [1.54, 1.807) is 17.9 Å². The number of hydrogen-bond acceptors (Lipinski definition) is 8. The zero-order valence-electron chi connectivity index (χ0n) is 28.2. The predicted molar refractivity (Wildman–Crippen MR) is 177 cm³/mol. The lowest BCUT2D eigenvalue weighted by atomic mass is 9.78. The molecule has 3 fully saturated rings. The van der Waals surface area contributed by atoms with Crippen LogP contribution in [-0.4, -0.2) is 97.1 Å². The van der Waals surface area contributed by atoms with Gasteiger partial charge in [-0.15, -0.1) is 0 Å². The van der Waals surface area contributed by atoms with E-state index in [-0.39, 0.29) is 23.1 Å². The third-order valence-electron chi connectivity index (χ3n) is 10.2. The number of benzene rings is 1. The molecule has 5 rings (SSSR count). The molecule has 260 valence electrons. The molecule has 3 N–H and O–H groups in total. The Hall–Kier alpha value is -4.10. The molecule has 1 saturated carbocycles. The Bertz CT molecular complexity index is 1510. The number of anilines is 1. The predicted octanol–water partition coefficient (Wildman–Crippen LogP) is 3.21. The number of halogens is 1. The molecular weight excluding hydrogens is 619 g/mol. The number of carbonyl (C=O) groups is 4. The fourth-order valence-electron chi connectivity index (χ4n) is 6.77. The minimum absolute atomic E-state index is 0.0544. The maximum atomic E-state index is 15.7. The first-order valence-electron chi connectivity index (χ1n) is 16.7. The van der Waals surface area contributed by atoms with Crippen molar-refractivity contribution in [3.05, 3.63) is 59.8 Å². The Balaban J connectivity index is 1.33. The SMILES string of the molecule is C=CC(=O)N[C@@H](C(=O)N1CCN(C)CC1)[C@@H](C)c1ccc(NC(=O)[C@@H](NC(=O)c2conc2C2(C)COC2)C2CCC(C)CC2)c(F)c1. The zero-order valence-corrected chi connectivity index (χ0v) is 28.2. The summed E-state index contributed by atoms with van der Waals surface area (Å²) in [7, 11) is 1.98. The molecule has 4 amide bonds. The Morgan fingerprint density at radius 3 is 2.38 bits per heavy atom. The van der Waals surface area contributed by atoms with Gasteiger partial charge < -0.3 is 35.0 Å². The lowest BCUT2D eigenvalue weighted by Gasteiger charge is -2.36. The average Bonchev–Trinajstić information content (AvgIpc) is 3.56. The zero-order chi connectivity index (χ0) is 34.6. The lowest BCUT2D eigenvalue weighted by Crippen LogP contribution is -2.55. The second kappa shape index (κ2) is 15.0. The van der Waals surface area contributed by atoms with Crippen molar-refractivity contribution in [3.63, 3.8) is 0 Å². The second-order valence-corrected chi connectivity index (χ2v) is 13.9. The van der Waals surface area contributed by atoms with Gasteiger partial charge in [-0.2, -0.15) is 0 Å². The molecule has 0 unspecified atom stereocenters. The quantitative estimate of drug-likeness (QED) is 0.310. The number of hydrogen-bond donors (Lipinski definition) is 3.